The Morgan fingerprint density at radius 3 is 2.90 bits per heavy atom. The summed E-state index contributed by atoms with van der Waals surface area (Å²) in [5.41, 5.74) is 2.36. The molecule has 0 bridgehead atoms. The lowest BCUT2D eigenvalue weighted by molar-refractivity contribution is 0.174. The molecule has 1 aromatic heterocycles. The molecule has 0 spiro atoms. The fraction of sp³-hybridized carbons (Fsp3) is 0.438. The van der Waals surface area contributed by atoms with Crippen molar-refractivity contribution in [3.05, 3.63) is 41.7 Å². The van der Waals surface area contributed by atoms with E-state index in [0.717, 1.165) is 31.0 Å². The number of fused-ring (bicyclic) bond motifs is 1. The maximum Gasteiger partial charge on any atom is 0.231 e. The predicted molar refractivity (Wildman–Crippen MR) is 80.6 cm³/mol. The van der Waals surface area contributed by atoms with Crippen molar-refractivity contribution in [2.75, 3.05) is 13.3 Å². The van der Waals surface area contributed by atoms with Crippen LogP contribution in [0.2, 0.25) is 0 Å². The molecule has 2 aromatic rings. The van der Waals surface area contributed by atoms with E-state index in [0.29, 0.717) is 6.79 Å². The zero-order chi connectivity index (χ0) is 14.7. The maximum atomic E-state index is 5.48. The topological polar surface area (TPSA) is 48.3 Å². The SMILES string of the molecule is CCCNC(Cn1nccc1C)c1ccc2c(c1)OCO2. The third-order valence-corrected chi connectivity index (χ3v) is 3.72. The molecule has 0 aliphatic carbocycles. The first-order valence-corrected chi connectivity index (χ1v) is 7.39. The van der Waals surface area contributed by atoms with Crippen molar-refractivity contribution in [2.24, 2.45) is 0 Å². The van der Waals surface area contributed by atoms with E-state index in [1.807, 2.05) is 23.0 Å². The molecule has 0 fully saturated rings. The predicted octanol–water partition coefficient (Wildman–Crippen LogP) is 2.66. The molecule has 0 radical (unpaired) electrons. The molecule has 3 rings (SSSR count). The molecule has 2 heterocycles. The second-order valence-corrected chi connectivity index (χ2v) is 5.27. The third kappa shape index (κ3) is 3.03. The molecule has 5 nitrogen and oxygen atoms in total. The van der Waals surface area contributed by atoms with Crippen LogP contribution in [-0.4, -0.2) is 23.1 Å². The molecule has 112 valence electrons. The summed E-state index contributed by atoms with van der Waals surface area (Å²) < 4.78 is 12.9. The number of ether oxygens (including phenoxy) is 2. The van der Waals surface area contributed by atoms with Crippen molar-refractivity contribution in [2.45, 2.75) is 32.9 Å². The molecule has 1 aliphatic rings. The molecule has 5 heteroatoms. The standard InChI is InChI=1S/C16H21N3O2/c1-3-7-17-14(10-19-12(2)6-8-18-19)13-4-5-15-16(9-13)21-11-20-15/h4-6,8-9,14,17H,3,7,10-11H2,1-2H3. The monoisotopic (exact) mass is 287 g/mol. The van der Waals surface area contributed by atoms with Gasteiger partial charge in [0.2, 0.25) is 6.79 Å². The lowest BCUT2D eigenvalue weighted by Gasteiger charge is -2.20. The highest BCUT2D eigenvalue weighted by Gasteiger charge is 2.18. The van der Waals surface area contributed by atoms with Gasteiger partial charge in [0.15, 0.2) is 11.5 Å². The van der Waals surface area contributed by atoms with Gasteiger partial charge in [0.05, 0.1) is 12.6 Å². The van der Waals surface area contributed by atoms with E-state index in [4.69, 9.17) is 9.47 Å². The highest BCUT2D eigenvalue weighted by atomic mass is 16.7. The van der Waals surface area contributed by atoms with Gasteiger partial charge in [-0.1, -0.05) is 13.0 Å². The lowest BCUT2D eigenvalue weighted by Crippen LogP contribution is -2.27. The highest BCUT2D eigenvalue weighted by molar-refractivity contribution is 5.45. The first kappa shape index (κ1) is 13.9. The molecule has 1 aliphatic heterocycles. The summed E-state index contributed by atoms with van der Waals surface area (Å²) in [7, 11) is 0. The second kappa shape index (κ2) is 6.18. The Morgan fingerprint density at radius 2 is 2.14 bits per heavy atom. The number of hydrogen-bond donors (Lipinski definition) is 1. The Bertz CT molecular complexity index is 609. The summed E-state index contributed by atoms with van der Waals surface area (Å²) in [6.07, 6.45) is 2.94. The normalized spacial score (nSPS) is 14.4. The zero-order valence-electron chi connectivity index (χ0n) is 12.5. The van der Waals surface area contributed by atoms with Gasteiger partial charge in [-0.15, -0.1) is 0 Å². The molecule has 1 atom stereocenters. The van der Waals surface area contributed by atoms with Crippen LogP contribution in [0, 0.1) is 6.92 Å². The fourth-order valence-electron chi connectivity index (χ4n) is 2.50. The van der Waals surface area contributed by atoms with Crippen LogP contribution in [0.25, 0.3) is 0 Å². The maximum absolute atomic E-state index is 5.48. The van der Waals surface area contributed by atoms with Crippen LogP contribution in [0.5, 0.6) is 11.5 Å². The number of nitrogens with one attached hydrogen (secondary N) is 1. The lowest BCUT2D eigenvalue weighted by atomic mass is 10.1. The Morgan fingerprint density at radius 1 is 1.29 bits per heavy atom. The average Bonchev–Trinajstić information content (AvgIpc) is 3.11. The van der Waals surface area contributed by atoms with Crippen LogP contribution < -0.4 is 14.8 Å². The van der Waals surface area contributed by atoms with Gasteiger partial charge in [-0.25, -0.2) is 0 Å². The smallest absolute Gasteiger partial charge is 0.231 e. The van der Waals surface area contributed by atoms with Crippen molar-refractivity contribution in [1.82, 2.24) is 15.1 Å². The Balaban J connectivity index is 1.83. The van der Waals surface area contributed by atoms with E-state index in [1.54, 1.807) is 0 Å². The minimum atomic E-state index is 0.207. The van der Waals surface area contributed by atoms with Crippen molar-refractivity contribution < 1.29 is 9.47 Å². The van der Waals surface area contributed by atoms with Crippen LogP contribution >= 0.6 is 0 Å². The summed E-state index contributed by atoms with van der Waals surface area (Å²) in [5, 5.41) is 7.97. The van der Waals surface area contributed by atoms with Gasteiger partial charge < -0.3 is 14.8 Å². The summed E-state index contributed by atoms with van der Waals surface area (Å²) in [6, 6.07) is 8.37. The summed E-state index contributed by atoms with van der Waals surface area (Å²) in [4.78, 5) is 0. The Kier molecular flexibility index (Phi) is 4.10. The third-order valence-electron chi connectivity index (χ3n) is 3.72. The number of nitrogens with zero attached hydrogens (tertiary/aromatic N) is 2. The Hall–Kier alpha value is -2.01. The van der Waals surface area contributed by atoms with Gasteiger partial charge in [-0.3, -0.25) is 4.68 Å². The van der Waals surface area contributed by atoms with E-state index < -0.39 is 0 Å². The molecule has 1 unspecified atom stereocenters. The minimum absolute atomic E-state index is 0.207. The van der Waals surface area contributed by atoms with Gasteiger partial charge in [-0.2, -0.15) is 5.10 Å². The van der Waals surface area contributed by atoms with Crippen LogP contribution in [-0.2, 0) is 6.54 Å². The number of aryl methyl sites for hydroxylation is 1. The highest BCUT2D eigenvalue weighted by Crippen LogP contribution is 2.34. The first-order chi connectivity index (χ1) is 10.3. The van der Waals surface area contributed by atoms with Gasteiger partial charge in [0, 0.05) is 11.9 Å². The zero-order valence-corrected chi connectivity index (χ0v) is 12.5. The summed E-state index contributed by atoms with van der Waals surface area (Å²) in [5.74, 6) is 1.65. The minimum Gasteiger partial charge on any atom is -0.454 e. The van der Waals surface area contributed by atoms with E-state index in [1.165, 1.54) is 11.3 Å². The van der Waals surface area contributed by atoms with Gasteiger partial charge in [0.1, 0.15) is 0 Å². The molecule has 0 saturated carbocycles. The first-order valence-electron chi connectivity index (χ1n) is 7.39. The molecular weight excluding hydrogens is 266 g/mol. The number of aromatic nitrogens is 2. The number of hydrogen-bond acceptors (Lipinski definition) is 4. The number of rotatable bonds is 6. The molecule has 0 saturated heterocycles. The largest absolute Gasteiger partial charge is 0.454 e. The van der Waals surface area contributed by atoms with Crippen molar-refractivity contribution >= 4 is 0 Å². The average molecular weight is 287 g/mol. The molecular formula is C16H21N3O2. The van der Waals surface area contributed by atoms with E-state index in [9.17, 15) is 0 Å². The van der Waals surface area contributed by atoms with Crippen molar-refractivity contribution in [1.29, 1.82) is 0 Å². The van der Waals surface area contributed by atoms with Crippen molar-refractivity contribution in [3.8, 4) is 11.5 Å². The van der Waals surface area contributed by atoms with E-state index >= 15 is 0 Å². The van der Waals surface area contributed by atoms with Crippen LogP contribution in [0.1, 0.15) is 30.6 Å². The van der Waals surface area contributed by atoms with Gasteiger partial charge in [-0.05, 0) is 43.7 Å². The van der Waals surface area contributed by atoms with Crippen molar-refractivity contribution in [3.63, 3.8) is 0 Å². The molecule has 1 aromatic carbocycles. The van der Waals surface area contributed by atoms with Crippen LogP contribution in [0.15, 0.2) is 30.5 Å². The molecule has 21 heavy (non-hydrogen) atoms. The van der Waals surface area contributed by atoms with Crippen LogP contribution in [0.3, 0.4) is 0 Å². The Labute approximate surface area is 124 Å². The molecule has 0 amide bonds. The van der Waals surface area contributed by atoms with Crippen LogP contribution in [0.4, 0.5) is 0 Å². The second-order valence-electron chi connectivity index (χ2n) is 5.27. The fourth-order valence-corrected chi connectivity index (χ4v) is 2.50. The van der Waals surface area contributed by atoms with E-state index in [2.05, 4.69) is 36.4 Å². The summed E-state index contributed by atoms with van der Waals surface area (Å²) >= 11 is 0. The number of benzene rings is 1. The van der Waals surface area contributed by atoms with E-state index in [-0.39, 0.29) is 6.04 Å². The molecule has 1 N–H and O–H groups in total. The van der Waals surface area contributed by atoms with Gasteiger partial charge >= 0.3 is 0 Å². The summed E-state index contributed by atoms with van der Waals surface area (Å²) in [6.45, 7) is 6.33. The van der Waals surface area contributed by atoms with Gasteiger partial charge in [0.25, 0.3) is 0 Å². The quantitative estimate of drug-likeness (QED) is 0.887.